The van der Waals surface area contributed by atoms with Crippen molar-refractivity contribution >= 4 is 54.8 Å². The highest BCUT2D eigenvalue weighted by Crippen LogP contribution is 2.26. The number of rotatable bonds is 3. The third-order valence-corrected chi connectivity index (χ3v) is 4.56. The van der Waals surface area contributed by atoms with E-state index in [9.17, 15) is 8.42 Å². The van der Waals surface area contributed by atoms with E-state index in [1.807, 2.05) is 0 Å². The Morgan fingerprint density at radius 1 is 1.16 bits per heavy atom. The third-order valence-electron chi connectivity index (χ3n) is 2.15. The highest BCUT2D eigenvalue weighted by molar-refractivity contribution is 9.10. The summed E-state index contributed by atoms with van der Waals surface area (Å²) in [5.41, 5.74) is 0.332. The van der Waals surface area contributed by atoms with Gasteiger partial charge in [0.1, 0.15) is 4.60 Å². The van der Waals surface area contributed by atoms with Gasteiger partial charge >= 0.3 is 0 Å². The molecule has 0 fully saturated rings. The zero-order valence-corrected chi connectivity index (χ0v) is 13.2. The van der Waals surface area contributed by atoms with Crippen molar-refractivity contribution in [3.8, 4) is 0 Å². The molecule has 100 valence electrons. The largest absolute Gasteiger partial charge is 0.277 e. The lowest BCUT2D eigenvalue weighted by Gasteiger charge is -2.09. The van der Waals surface area contributed by atoms with Crippen molar-refractivity contribution < 1.29 is 8.42 Å². The Labute approximate surface area is 128 Å². The van der Waals surface area contributed by atoms with Gasteiger partial charge in [-0.15, -0.1) is 0 Å². The molecule has 1 N–H and O–H groups in total. The van der Waals surface area contributed by atoms with Gasteiger partial charge < -0.3 is 0 Å². The lowest BCUT2D eigenvalue weighted by Crippen LogP contribution is -2.13. The summed E-state index contributed by atoms with van der Waals surface area (Å²) in [4.78, 5) is 3.92. The number of sulfonamides is 1. The molecule has 0 atom stereocenters. The van der Waals surface area contributed by atoms with E-state index in [4.69, 9.17) is 23.2 Å². The van der Waals surface area contributed by atoms with Crippen LogP contribution in [0.1, 0.15) is 0 Å². The molecule has 0 radical (unpaired) electrons. The highest BCUT2D eigenvalue weighted by atomic mass is 79.9. The first-order valence-corrected chi connectivity index (χ1v) is 8.01. The molecular formula is C11H7BrCl2N2O2S. The zero-order chi connectivity index (χ0) is 14.0. The summed E-state index contributed by atoms with van der Waals surface area (Å²) >= 11 is 14.7. The molecule has 2 aromatic rings. The van der Waals surface area contributed by atoms with Crippen molar-refractivity contribution in [3.05, 3.63) is 51.2 Å². The fourth-order valence-corrected chi connectivity index (χ4v) is 3.62. The standard InChI is InChI=1S/C11H7BrCl2N2O2S/c12-11-10(2-1-3-15-11)16-19(17,18)9-5-7(13)4-8(14)6-9/h1-6,16H. The van der Waals surface area contributed by atoms with Crippen molar-refractivity contribution in [2.24, 2.45) is 0 Å². The van der Waals surface area contributed by atoms with Gasteiger partial charge in [-0.2, -0.15) is 0 Å². The lowest BCUT2D eigenvalue weighted by molar-refractivity contribution is 0.601. The van der Waals surface area contributed by atoms with Gasteiger partial charge in [-0.3, -0.25) is 4.72 Å². The van der Waals surface area contributed by atoms with Crippen LogP contribution in [0.5, 0.6) is 0 Å². The first-order chi connectivity index (χ1) is 8.88. The van der Waals surface area contributed by atoms with Crippen LogP contribution in [-0.2, 0) is 10.0 Å². The Bertz CT molecular complexity index is 702. The summed E-state index contributed by atoms with van der Waals surface area (Å²) in [6.07, 6.45) is 1.54. The van der Waals surface area contributed by atoms with Crippen LogP contribution >= 0.6 is 39.1 Å². The van der Waals surface area contributed by atoms with Gasteiger partial charge in [0.15, 0.2) is 0 Å². The van der Waals surface area contributed by atoms with E-state index in [1.165, 1.54) is 24.4 Å². The molecule has 0 aliphatic heterocycles. The Hall–Kier alpha value is -0.820. The average Bonchev–Trinajstić information content (AvgIpc) is 2.31. The fourth-order valence-electron chi connectivity index (χ4n) is 1.35. The minimum Gasteiger partial charge on any atom is -0.277 e. The summed E-state index contributed by atoms with van der Waals surface area (Å²) in [7, 11) is -3.77. The van der Waals surface area contributed by atoms with Crippen LogP contribution in [0.25, 0.3) is 0 Å². The molecule has 19 heavy (non-hydrogen) atoms. The van der Waals surface area contributed by atoms with Crippen LogP contribution in [0.2, 0.25) is 10.0 Å². The molecule has 0 unspecified atom stereocenters. The molecule has 1 aromatic heterocycles. The quantitative estimate of drug-likeness (QED) is 0.818. The molecule has 0 aliphatic carbocycles. The Morgan fingerprint density at radius 3 is 2.37 bits per heavy atom. The van der Waals surface area contributed by atoms with Gasteiger partial charge in [0, 0.05) is 16.2 Å². The summed E-state index contributed by atoms with van der Waals surface area (Å²) in [6, 6.07) is 7.30. The predicted molar refractivity (Wildman–Crippen MR) is 79.2 cm³/mol. The first-order valence-electron chi connectivity index (χ1n) is 4.98. The molecule has 8 heteroatoms. The van der Waals surface area contributed by atoms with Crippen LogP contribution in [0, 0.1) is 0 Å². The second-order valence-electron chi connectivity index (χ2n) is 3.55. The maximum atomic E-state index is 12.2. The van der Waals surface area contributed by atoms with E-state index in [0.717, 1.165) is 0 Å². The molecule has 0 saturated heterocycles. The number of pyridine rings is 1. The van der Waals surface area contributed by atoms with Crippen LogP contribution in [-0.4, -0.2) is 13.4 Å². The topological polar surface area (TPSA) is 59.1 Å². The molecule has 0 amide bonds. The highest BCUT2D eigenvalue weighted by Gasteiger charge is 2.17. The maximum absolute atomic E-state index is 12.2. The smallest absolute Gasteiger partial charge is 0.262 e. The van der Waals surface area contributed by atoms with E-state index in [2.05, 4.69) is 25.6 Å². The van der Waals surface area contributed by atoms with Crippen LogP contribution in [0.15, 0.2) is 46.0 Å². The number of aromatic nitrogens is 1. The van der Waals surface area contributed by atoms with E-state index in [1.54, 1.807) is 12.1 Å². The number of anilines is 1. The molecule has 4 nitrogen and oxygen atoms in total. The second-order valence-corrected chi connectivity index (χ2v) is 6.86. The summed E-state index contributed by atoms with van der Waals surface area (Å²) in [6.45, 7) is 0. The fraction of sp³-hybridized carbons (Fsp3) is 0. The molecule has 0 spiro atoms. The van der Waals surface area contributed by atoms with Gasteiger partial charge in [0.25, 0.3) is 10.0 Å². The van der Waals surface area contributed by atoms with Crippen molar-refractivity contribution in [3.63, 3.8) is 0 Å². The lowest BCUT2D eigenvalue weighted by atomic mass is 10.4. The van der Waals surface area contributed by atoms with Gasteiger partial charge in [0.05, 0.1) is 10.6 Å². The first kappa shape index (κ1) is 14.6. The van der Waals surface area contributed by atoms with Crippen molar-refractivity contribution in [1.29, 1.82) is 0 Å². The van der Waals surface area contributed by atoms with Crippen LogP contribution in [0.3, 0.4) is 0 Å². The van der Waals surface area contributed by atoms with Gasteiger partial charge in [-0.25, -0.2) is 13.4 Å². The van der Waals surface area contributed by atoms with E-state index in [-0.39, 0.29) is 14.9 Å². The number of nitrogens with zero attached hydrogens (tertiary/aromatic N) is 1. The minimum atomic E-state index is -3.77. The summed E-state index contributed by atoms with van der Waals surface area (Å²) in [5.74, 6) is 0. The monoisotopic (exact) mass is 380 g/mol. The normalized spacial score (nSPS) is 11.3. The number of halogens is 3. The summed E-state index contributed by atoms with van der Waals surface area (Å²) < 4.78 is 27.2. The van der Waals surface area contributed by atoms with Crippen LogP contribution < -0.4 is 4.72 Å². The predicted octanol–water partition coefficient (Wildman–Crippen LogP) is 3.95. The van der Waals surface area contributed by atoms with Crippen molar-refractivity contribution in [1.82, 2.24) is 4.98 Å². The van der Waals surface area contributed by atoms with Gasteiger partial charge in [-0.1, -0.05) is 23.2 Å². The second kappa shape index (κ2) is 5.66. The molecule has 1 aromatic carbocycles. The van der Waals surface area contributed by atoms with Crippen molar-refractivity contribution in [2.45, 2.75) is 4.90 Å². The number of hydrogen-bond acceptors (Lipinski definition) is 3. The van der Waals surface area contributed by atoms with E-state index < -0.39 is 10.0 Å². The molecule has 2 rings (SSSR count). The number of benzene rings is 1. The van der Waals surface area contributed by atoms with Crippen molar-refractivity contribution in [2.75, 3.05) is 4.72 Å². The number of hydrogen-bond donors (Lipinski definition) is 1. The summed E-state index contributed by atoms with van der Waals surface area (Å²) in [5, 5.41) is 0.497. The average molecular weight is 382 g/mol. The minimum absolute atomic E-state index is 0.0132. The molecule has 0 bridgehead atoms. The molecule has 1 heterocycles. The molecule has 0 aliphatic rings. The van der Waals surface area contributed by atoms with E-state index >= 15 is 0 Å². The third kappa shape index (κ3) is 3.60. The SMILES string of the molecule is O=S(=O)(Nc1cccnc1Br)c1cc(Cl)cc(Cl)c1. The van der Waals surface area contributed by atoms with Crippen LogP contribution in [0.4, 0.5) is 5.69 Å². The Kier molecular flexibility index (Phi) is 4.35. The van der Waals surface area contributed by atoms with Gasteiger partial charge in [-0.05, 0) is 46.3 Å². The zero-order valence-electron chi connectivity index (χ0n) is 9.27. The maximum Gasteiger partial charge on any atom is 0.262 e. The number of nitrogens with one attached hydrogen (secondary N) is 1. The van der Waals surface area contributed by atoms with Gasteiger partial charge in [0.2, 0.25) is 0 Å². The molecule has 0 saturated carbocycles. The van der Waals surface area contributed by atoms with E-state index in [0.29, 0.717) is 10.3 Å². The Balaban J connectivity index is 2.41. The molecular weight excluding hydrogens is 375 g/mol. The Morgan fingerprint density at radius 2 is 1.79 bits per heavy atom.